The Kier molecular flexibility index (Phi) is 9.97. The van der Waals surface area contributed by atoms with Gasteiger partial charge in [0.05, 0.1) is 6.04 Å². The van der Waals surface area contributed by atoms with Crippen LogP contribution in [0.15, 0.2) is 193 Å². The summed E-state index contributed by atoms with van der Waals surface area (Å²) in [5, 5.41) is 0. The molecule has 0 heterocycles. The lowest BCUT2D eigenvalue weighted by Gasteiger charge is -2.35. The first-order chi connectivity index (χ1) is 25.7. The van der Waals surface area contributed by atoms with Crippen LogP contribution in [0.3, 0.4) is 0 Å². The molecule has 3 aliphatic rings. The van der Waals surface area contributed by atoms with E-state index in [1.54, 1.807) is 0 Å². The van der Waals surface area contributed by atoms with E-state index in [-0.39, 0.29) is 0 Å². The molecule has 0 spiro atoms. The van der Waals surface area contributed by atoms with Gasteiger partial charge in [-0.2, -0.15) is 0 Å². The topological polar surface area (TPSA) is 6.48 Å². The van der Waals surface area contributed by atoms with Gasteiger partial charge in [-0.15, -0.1) is 0 Å². The van der Waals surface area contributed by atoms with Gasteiger partial charge in [0.1, 0.15) is 0 Å². The van der Waals surface area contributed by atoms with Crippen molar-refractivity contribution >= 4 is 28.2 Å². The van der Waals surface area contributed by atoms with Crippen LogP contribution in [0.4, 0.5) is 17.1 Å². The van der Waals surface area contributed by atoms with Crippen molar-refractivity contribution in [3.63, 3.8) is 0 Å². The quantitative estimate of drug-likeness (QED) is 0.154. The smallest absolute Gasteiger partial charge is 0.0525 e. The van der Waals surface area contributed by atoms with E-state index >= 15 is 0 Å². The standard InChI is InChI=1S/C50H46N2/c1-38-14-11-12-23-50(38)52(45-20-9-4-10-21-45)46-22-13-19-41(24-31-46)44-29-36-49(37-30-44)51(47-32-25-42(26-33-47)39-15-5-2-6-16-39)48-34-27-43(28-35-48)40-17-7-3-8-18-40/h2-9,11-12,14-20,23-27,29-34,36-37,46H,10,13,21-22,28,35H2,1H3. The number of anilines is 3. The Hall–Kier alpha value is -5.86. The van der Waals surface area contributed by atoms with Crippen LogP contribution in [0.5, 0.6) is 0 Å². The minimum atomic E-state index is 0.299. The van der Waals surface area contributed by atoms with Crippen molar-refractivity contribution in [3.05, 3.63) is 210 Å². The van der Waals surface area contributed by atoms with Gasteiger partial charge in [0, 0.05) is 28.5 Å². The van der Waals surface area contributed by atoms with E-state index in [1.807, 2.05) is 0 Å². The van der Waals surface area contributed by atoms with Crippen LogP contribution < -0.4 is 9.80 Å². The molecule has 0 radical (unpaired) electrons. The summed E-state index contributed by atoms with van der Waals surface area (Å²) >= 11 is 0. The largest absolute Gasteiger partial charge is 0.338 e. The molecule has 0 amide bonds. The zero-order chi connectivity index (χ0) is 35.1. The fourth-order valence-corrected chi connectivity index (χ4v) is 7.81. The van der Waals surface area contributed by atoms with Crippen molar-refractivity contribution in [2.75, 3.05) is 9.80 Å². The van der Waals surface area contributed by atoms with Crippen molar-refractivity contribution in [1.82, 2.24) is 0 Å². The number of para-hydroxylation sites is 1. The number of nitrogens with zero attached hydrogens (tertiary/aromatic N) is 2. The number of rotatable bonds is 9. The summed E-state index contributed by atoms with van der Waals surface area (Å²) in [7, 11) is 0. The molecule has 0 saturated heterocycles. The summed E-state index contributed by atoms with van der Waals surface area (Å²) in [6, 6.07) is 48.8. The van der Waals surface area contributed by atoms with Crippen LogP contribution in [0.2, 0.25) is 0 Å². The Morgan fingerprint density at radius 2 is 1.19 bits per heavy atom. The van der Waals surface area contributed by atoms with E-state index < -0.39 is 0 Å². The van der Waals surface area contributed by atoms with Crippen LogP contribution in [-0.4, -0.2) is 6.04 Å². The van der Waals surface area contributed by atoms with Crippen molar-refractivity contribution in [1.29, 1.82) is 0 Å². The Bertz CT molecular complexity index is 2180. The van der Waals surface area contributed by atoms with Crippen LogP contribution in [-0.2, 0) is 0 Å². The molecule has 52 heavy (non-hydrogen) atoms. The normalized spacial score (nSPS) is 17.0. The minimum Gasteiger partial charge on any atom is -0.338 e. The molecule has 0 fully saturated rings. The third-order valence-corrected chi connectivity index (χ3v) is 10.6. The van der Waals surface area contributed by atoms with E-state index in [2.05, 4.69) is 199 Å². The molecular formula is C50H46N2. The summed E-state index contributed by atoms with van der Waals surface area (Å²) in [6.45, 7) is 2.23. The molecule has 256 valence electrons. The van der Waals surface area contributed by atoms with Crippen molar-refractivity contribution in [2.45, 2.75) is 51.5 Å². The monoisotopic (exact) mass is 674 g/mol. The average molecular weight is 675 g/mol. The van der Waals surface area contributed by atoms with Gasteiger partial charge in [-0.3, -0.25) is 0 Å². The van der Waals surface area contributed by atoms with E-state index in [9.17, 15) is 0 Å². The highest BCUT2D eigenvalue weighted by Crippen LogP contribution is 2.38. The molecule has 0 bridgehead atoms. The summed E-state index contributed by atoms with van der Waals surface area (Å²) in [4.78, 5) is 5.03. The van der Waals surface area contributed by atoms with Crippen molar-refractivity contribution in [2.24, 2.45) is 0 Å². The van der Waals surface area contributed by atoms with Gasteiger partial charge in [-0.05, 0) is 127 Å². The lowest BCUT2D eigenvalue weighted by molar-refractivity contribution is 0.670. The van der Waals surface area contributed by atoms with Crippen molar-refractivity contribution in [3.8, 4) is 11.1 Å². The first kappa shape index (κ1) is 33.3. The maximum Gasteiger partial charge on any atom is 0.0525 e. The Labute approximate surface area is 309 Å². The second-order valence-corrected chi connectivity index (χ2v) is 14.0. The highest BCUT2D eigenvalue weighted by molar-refractivity contribution is 5.79. The Balaban J connectivity index is 1.08. The number of hydrogen-bond donors (Lipinski definition) is 0. The number of aryl methyl sites for hydroxylation is 1. The predicted molar refractivity (Wildman–Crippen MR) is 222 cm³/mol. The second kappa shape index (κ2) is 15.6. The fourth-order valence-electron chi connectivity index (χ4n) is 7.81. The van der Waals surface area contributed by atoms with Gasteiger partial charge in [0.2, 0.25) is 0 Å². The predicted octanol–water partition coefficient (Wildman–Crippen LogP) is 13.4. The summed E-state index contributed by atoms with van der Waals surface area (Å²) in [5.74, 6) is 0. The molecule has 5 aromatic carbocycles. The van der Waals surface area contributed by atoms with Gasteiger partial charge in [0.15, 0.2) is 0 Å². The molecule has 0 N–H and O–H groups in total. The molecule has 3 aliphatic carbocycles. The summed E-state index contributed by atoms with van der Waals surface area (Å²) < 4.78 is 0. The maximum absolute atomic E-state index is 2.59. The van der Waals surface area contributed by atoms with Crippen LogP contribution >= 0.6 is 0 Å². The molecule has 5 aromatic rings. The van der Waals surface area contributed by atoms with Crippen molar-refractivity contribution < 1.29 is 0 Å². The lowest BCUT2D eigenvalue weighted by Crippen LogP contribution is -2.34. The third kappa shape index (κ3) is 7.29. The van der Waals surface area contributed by atoms with E-state index in [4.69, 9.17) is 0 Å². The maximum atomic E-state index is 2.59. The highest BCUT2D eigenvalue weighted by atomic mass is 15.2. The zero-order valence-corrected chi connectivity index (χ0v) is 30.0. The number of hydrogen-bond acceptors (Lipinski definition) is 2. The van der Waals surface area contributed by atoms with Crippen LogP contribution in [0.25, 0.3) is 22.3 Å². The van der Waals surface area contributed by atoms with Crippen LogP contribution in [0.1, 0.15) is 55.2 Å². The molecule has 2 heteroatoms. The van der Waals surface area contributed by atoms with Gasteiger partial charge in [-0.25, -0.2) is 0 Å². The number of allylic oxidation sites excluding steroid dienone is 11. The lowest BCUT2D eigenvalue weighted by atomic mass is 9.94. The molecular weight excluding hydrogens is 629 g/mol. The van der Waals surface area contributed by atoms with Gasteiger partial charge >= 0.3 is 0 Å². The molecule has 1 unspecified atom stereocenters. The molecule has 2 nitrogen and oxygen atoms in total. The Morgan fingerprint density at radius 3 is 1.85 bits per heavy atom. The Morgan fingerprint density at radius 1 is 0.538 bits per heavy atom. The van der Waals surface area contributed by atoms with Gasteiger partial charge < -0.3 is 9.80 Å². The van der Waals surface area contributed by atoms with E-state index in [0.717, 1.165) is 38.5 Å². The van der Waals surface area contributed by atoms with Crippen LogP contribution in [0, 0.1) is 6.92 Å². The summed E-state index contributed by atoms with van der Waals surface area (Å²) in [6.07, 6.45) is 24.9. The van der Waals surface area contributed by atoms with Gasteiger partial charge in [0.25, 0.3) is 0 Å². The third-order valence-electron chi connectivity index (χ3n) is 10.6. The average Bonchev–Trinajstić information content (AvgIpc) is 3.47. The first-order valence-corrected chi connectivity index (χ1v) is 18.8. The molecule has 0 aliphatic heterocycles. The van der Waals surface area contributed by atoms with E-state index in [1.165, 1.54) is 67.4 Å². The second-order valence-electron chi connectivity index (χ2n) is 14.0. The summed E-state index contributed by atoms with van der Waals surface area (Å²) in [5.41, 5.74) is 15.4. The SMILES string of the molecule is Cc1ccccc1N(C1=CC=CCC1)C1C=CC(c2ccc(N(C3=CC=C(c4ccccc4)CC3)c3ccc(-c4ccccc4)cc3)cc2)=CCC1. The molecule has 0 aromatic heterocycles. The minimum absolute atomic E-state index is 0.299. The fraction of sp³-hybridized carbons (Fsp3) is 0.160. The zero-order valence-electron chi connectivity index (χ0n) is 30.0. The van der Waals surface area contributed by atoms with Gasteiger partial charge in [-0.1, -0.05) is 140 Å². The molecule has 1 atom stereocenters. The highest BCUT2D eigenvalue weighted by Gasteiger charge is 2.24. The number of benzene rings is 5. The first-order valence-electron chi connectivity index (χ1n) is 18.8. The molecule has 8 rings (SSSR count). The van der Waals surface area contributed by atoms with E-state index in [0.29, 0.717) is 6.04 Å². The molecule has 0 saturated carbocycles.